The molecule has 2 rings (SSSR count). The maximum absolute atomic E-state index is 12.0. The standard InChI is InChI=1S/C17H23N5O/c1-11-9-13(16(23)22(5)6)7-8-14(11)19-17-18-10-12(2)15(20-17)21(3)4/h7-10H,1-6H3,(H,18,19,20). The molecular formula is C17H23N5O. The highest BCUT2D eigenvalue weighted by molar-refractivity contribution is 5.94. The monoisotopic (exact) mass is 313 g/mol. The number of aromatic nitrogens is 2. The highest BCUT2D eigenvalue weighted by Gasteiger charge is 2.11. The number of aryl methyl sites for hydroxylation is 2. The van der Waals surface area contributed by atoms with E-state index in [4.69, 9.17) is 0 Å². The Hall–Kier alpha value is -2.63. The van der Waals surface area contributed by atoms with Gasteiger partial charge < -0.3 is 15.1 Å². The third-order valence-corrected chi connectivity index (χ3v) is 3.49. The van der Waals surface area contributed by atoms with Crippen LogP contribution in [0.5, 0.6) is 0 Å². The minimum absolute atomic E-state index is 0.0128. The lowest BCUT2D eigenvalue weighted by Gasteiger charge is -2.16. The summed E-state index contributed by atoms with van der Waals surface area (Å²) in [4.78, 5) is 24.4. The first-order valence-electron chi connectivity index (χ1n) is 7.40. The van der Waals surface area contributed by atoms with Crippen LogP contribution in [-0.2, 0) is 0 Å². The van der Waals surface area contributed by atoms with Crippen molar-refractivity contribution in [1.82, 2.24) is 14.9 Å². The Bertz CT molecular complexity index is 725. The van der Waals surface area contributed by atoms with Crippen LogP contribution in [0.15, 0.2) is 24.4 Å². The van der Waals surface area contributed by atoms with Gasteiger partial charge in [-0.25, -0.2) is 4.98 Å². The Morgan fingerprint density at radius 1 is 1.09 bits per heavy atom. The molecule has 1 aromatic carbocycles. The maximum Gasteiger partial charge on any atom is 0.253 e. The molecule has 6 heteroatoms. The lowest BCUT2D eigenvalue weighted by Crippen LogP contribution is -2.21. The van der Waals surface area contributed by atoms with E-state index < -0.39 is 0 Å². The van der Waals surface area contributed by atoms with Crippen LogP contribution < -0.4 is 10.2 Å². The van der Waals surface area contributed by atoms with Gasteiger partial charge >= 0.3 is 0 Å². The Morgan fingerprint density at radius 2 is 1.78 bits per heavy atom. The van der Waals surface area contributed by atoms with E-state index in [1.54, 1.807) is 31.3 Å². The Kier molecular flexibility index (Phi) is 4.83. The van der Waals surface area contributed by atoms with E-state index in [-0.39, 0.29) is 5.91 Å². The van der Waals surface area contributed by atoms with Gasteiger partial charge in [0, 0.05) is 51.2 Å². The molecule has 122 valence electrons. The zero-order valence-electron chi connectivity index (χ0n) is 14.5. The first-order valence-corrected chi connectivity index (χ1v) is 7.40. The van der Waals surface area contributed by atoms with Crippen molar-refractivity contribution >= 4 is 23.4 Å². The number of nitrogens with one attached hydrogen (secondary N) is 1. The molecule has 23 heavy (non-hydrogen) atoms. The number of hydrogen-bond acceptors (Lipinski definition) is 5. The van der Waals surface area contributed by atoms with Gasteiger partial charge in [-0.15, -0.1) is 0 Å². The molecule has 2 aromatic rings. The lowest BCUT2D eigenvalue weighted by atomic mass is 10.1. The zero-order chi connectivity index (χ0) is 17.1. The summed E-state index contributed by atoms with van der Waals surface area (Å²) in [5.74, 6) is 1.40. The third kappa shape index (κ3) is 3.77. The Labute approximate surface area is 137 Å². The molecule has 0 aliphatic rings. The summed E-state index contributed by atoms with van der Waals surface area (Å²) < 4.78 is 0. The van der Waals surface area contributed by atoms with Crippen molar-refractivity contribution in [2.75, 3.05) is 38.4 Å². The second-order valence-electron chi connectivity index (χ2n) is 5.95. The normalized spacial score (nSPS) is 10.3. The van der Waals surface area contributed by atoms with Crippen LogP contribution in [0, 0.1) is 13.8 Å². The van der Waals surface area contributed by atoms with Crippen LogP contribution in [0.2, 0.25) is 0 Å². The van der Waals surface area contributed by atoms with Crippen molar-refractivity contribution in [2.24, 2.45) is 0 Å². The van der Waals surface area contributed by atoms with Crippen LogP contribution in [0.25, 0.3) is 0 Å². The van der Waals surface area contributed by atoms with Gasteiger partial charge in [-0.3, -0.25) is 4.79 Å². The van der Waals surface area contributed by atoms with Gasteiger partial charge in [-0.1, -0.05) is 0 Å². The van der Waals surface area contributed by atoms with E-state index >= 15 is 0 Å². The second-order valence-corrected chi connectivity index (χ2v) is 5.95. The van der Waals surface area contributed by atoms with E-state index in [0.29, 0.717) is 11.5 Å². The fraction of sp³-hybridized carbons (Fsp3) is 0.353. The van der Waals surface area contributed by atoms with Crippen molar-refractivity contribution < 1.29 is 4.79 Å². The predicted molar refractivity (Wildman–Crippen MR) is 93.6 cm³/mol. The summed E-state index contributed by atoms with van der Waals surface area (Å²) in [7, 11) is 7.39. The van der Waals surface area contributed by atoms with Gasteiger partial charge in [0.15, 0.2) is 0 Å². The Morgan fingerprint density at radius 3 is 2.35 bits per heavy atom. The van der Waals surface area contributed by atoms with Crippen LogP contribution in [0.1, 0.15) is 21.5 Å². The molecule has 0 saturated heterocycles. The molecule has 0 fully saturated rings. The van der Waals surface area contributed by atoms with E-state index in [1.807, 2.05) is 45.0 Å². The number of anilines is 3. The molecule has 0 aliphatic carbocycles. The molecular weight excluding hydrogens is 290 g/mol. The summed E-state index contributed by atoms with van der Waals surface area (Å²) in [6.07, 6.45) is 1.80. The molecule has 1 aromatic heterocycles. The number of carbonyl (C=O) groups is 1. The molecule has 0 unspecified atom stereocenters. The number of nitrogens with zero attached hydrogens (tertiary/aromatic N) is 4. The van der Waals surface area contributed by atoms with E-state index in [9.17, 15) is 4.79 Å². The molecule has 0 atom stereocenters. The molecule has 0 aliphatic heterocycles. The molecule has 1 heterocycles. The van der Waals surface area contributed by atoms with Crippen molar-refractivity contribution in [3.05, 3.63) is 41.1 Å². The molecule has 0 saturated carbocycles. The highest BCUT2D eigenvalue weighted by atomic mass is 16.2. The summed E-state index contributed by atoms with van der Waals surface area (Å²) in [6.45, 7) is 3.93. The second kappa shape index (κ2) is 6.64. The minimum Gasteiger partial charge on any atom is -0.362 e. The number of amides is 1. The Balaban J connectivity index is 2.27. The molecule has 1 amide bonds. The van der Waals surface area contributed by atoms with Crippen LogP contribution in [0.4, 0.5) is 17.5 Å². The smallest absolute Gasteiger partial charge is 0.253 e. The number of benzene rings is 1. The van der Waals surface area contributed by atoms with Crippen molar-refractivity contribution in [2.45, 2.75) is 13.8 Å². The number of carbonyl (C=O) groups excluding carboxylic acids is 1. The third-order valence-electron chi connectivity index (χ3n) is 3.49. The SMILES string of the molecule is Cc1cc(C(=O)N(C)C)ccc1Nc1ncc(C)c(N(C)C)n1. The molecule has 0 spiro atoms. The number of hydrogen-bond donors (Lipinski definition) is 1. The van der Waals surface area contributed by atoms with Gasteiger partial charge in [0.05, 0.1) is 0 Å². The van der Waals surface area contributed by atoms with Gasteiger partial charge in [0.2, 0.25) is 5.95 Å². The lowest BCUT2D eigenvalue weighted by molar-refractivity contribution is 0.0827. The van der Waals surface area contributed by atoms with Crippen LogP contribution in [0.3, 0.4) is 0 Å². The first kappa shape index (κ1) is 16.7. The van der Waals surface area contributed by atoms with Crippen LogP contribution in [-0.4, -0.2) is 49.0 Å². The first-order chi connectivity index (χ1) is 10.8. The van der Waals surface area contributed by atoms with Gasteiger partial charge in [-0.05, 0) is 37.6 Å². The van der Waals surface area contributed by atoms with E-state index in [1.165, 1.54) is 0 Å². The summed E-state index contributed by atoms with van der Waals surface area (Å²) in [5, 5.41) is 3.22. The summed E-state index contributed by atoms with van der Waals surface area (Å²) >= 11 is 0. The van der Waals surface area contributed by atoms with Crippen molar-refractivity contribution in [1.29, 1.82) is 0 Å². The predicted octanol–water partition coefficient (Wildman–Crippen LogP) is 2.60. The van der Waals surface area contributed by atoms with E-state index in [2.05, 4.69) is 15.3 Å². The van der Waals surface area contributed by atoms with Gasteiger partial charge in [0.1, 0.15) is 5.82 Å². The van der Waals surface area contributed by atoms with Crippen molar-refractivity contribution in [3.63, 3.8) is 0 Å². The fourth-order valence-corrected chi connectivity index (χ4v) is 2.26. The average Bonchev–Trinajstić information content (AvgIpc) is 2.49. The number of rotatable bonds is 4. The van der Waals surface area contributed by atoms with Gasteiger partial charge in [0.25, 0.3) is 5.91 Å². The molecule has 0 radical (unpaired) electrons. The molecule has 0 bridgehead atoms. The largest absolute Gasteiger partial charge is 0.362 e. The summed E-state index contributed by atoms with van der Waals surface area (Å²) in [6, 6.07) is 5.55. The fourth-order valence-electron chi connectivity index (χ4n) is 2.26. The average molecular weight is 313 g/mol. The minimum atomic E-state index is -0.0128. The zero-order valence-corrected chi connectivity index (χ0v) is 14.5. The quantitative estimate of drug-likeness (QED) is 0.940. The highest BCUT2D eigenvalue weighted by Crippen LogP contribution is 2.22. The van der Waals surface area contributed by atoms with Crippen LogP contribution >= 0.6 is 0 Å². The molecule has 6 nitrogen and oxygen atoms in total. The van der Waals surface area contributed by atoms with Crippen molar-refractivity contribution in [3.8, 4) is 0 Å². The van der Waals surface area contributed by atoms with Gasteiger partial charge in [-0.2, -0.15) is 4.98 Å². The summed E-state index contributed by atoms with van der Waals surface area (Å²) in [5.41, 5.74) is 3.53. The topological polar surface area (TPSA) is 61.4 Å². The maximum atomic E-state index is 12.0. The van der Waals surface area contributed by atoms with E-state index in [0.717, 1.165) is 22.6 Å². The molecule has 1 N–H and O–H groups in total.